The molecule has 1 aromatic heterocycles. The van der Waals surface area contributed by atoms with Crippen LogP contribution < -0.4 is 5.32 Å². The van der Waals surface area contributed by atoms with Crippen LogP contribution in [0.4, 0.5) is 5.82 Å². The van der Waals surface area contributed by atoms with E-state index in [0.29, 0.717) is 16.8 Å². The molecule has 0 aromatic carbocycles. The van der Waals surface area contributed by atoms with Crippen molar-refractivity contribution in [2.24, 2.45) is 5.92 Å². The van der Waals surface area contributed by atoms with Crippen molar-refractivity contribution in [3.05, 3.63) is 11.6 Å². The second-order valence-electron chi connectivity index (χ2n) is 4.13. The first kappa shape index (κ1) is 12.2. The van der Waals surface area contributed by atoms with Gasteiger partial charge in [-0.05, 0) is 31.1 Å². The fourth-order valence-electron chi connectivity index (χ4n) is 1.71. The molecule has 0 atom stereocenters. The van der Waals surface area contributed by atoms with E-state index in [1.165, 1.54) is 31.0 Å². The molecule has 92 valence electrons. The van der Waals surface area contributed by atoms with Gasteiger partial charge in [-0.2, -0.15) is 0 Å². The van der Waals surface area contributed by atoms with Crippen molar-refractivity contribution in [3.63, 3.8) is 0 Å². The predicted octanol–water partition coefficient (Wildman–Crippen LogP) is 2.11. The second-order valence-corrected chi connectivity index (χ2v) is 4.96. The van der Waals surface area contributed by atoms with Crippen molar-refractivity contribution in [1.82, 2.24) is 10.2 Å². The Bertz CT molecular complexity index is 421. The van der Waals surface area contributed by atoms with Crippen molar-refractivity contribution in [2.75, 3.05) is 18.1 Å². The highest BCUT2D eigenvalue weighted by atomic mass is 32.2. The number of thioether (sulfide) groups is 1. The Morgan fingerprint density at radius 3 is 2.88 bits per heavy atom. The lowest BCUT2D eigenvalue weighted by atomic mass is 9.85. The fraction of sp³-hybridized carbons (Fsp3) is 0.545. The summed E-state index contributed by atoms with van der Waals surface area (Å²) in [5.74, 6) is 0.0622. The third-order valence-electron chi connectivity index (χ3n) is 2.99. The van der Waals surface area contributed by atoms with Gasteiger partial charge in [0.2, 0.25) is 0 Å². The van der Waals surface area contributed by atoms with Crippen LogP contribution in [0.25, 0.3) is 0 Å². The van der Waals surface area contributed by atoms with E-state index in [1.54, 1.807) is 6.07 Å². The maximum Gasteiger partial charge on any atom is 0.339 e. The van der Waals surface area contributed by atoms with Gasteiger partial charge >= 0.3 is 5.97 Å². The molecular formula is C11H15N3O2S. The molecule has 0 unspecified atom stereocenters. The SMILES string of the molecule is CSc1cc(C(=O)O)c(NCC2CCC2)nn1. The molecular weight excluding hydrogens is 238 g/mol. The lowest BCUT2D eigenvalue weighted by Crippen LogP contribution is -2.22. The van der Waals surface area contributed by atoms with Gasteiger partial charge in [0.25, 0.3) is 0 Å². The van der Waals surface area contributed by atoms with E-state index in [4.69, 9.17) is 5.11 Å². The summed E-state index contributed by atoms with van der Waals surface area (Å²) in [6, 6.07) is 1.56. The number of hydrogen-bond acceptors (Lipinski definition) is 5. The summed E-state index contributed by atoms with van der Waals surface area (Å²) in [7, 11) is 0. The summed E-state index contributed by atoms with van der Waals surface area (Å²) < 4.78 is 0. The van der Waals surface area contributed by atoms with E-state index in [-0.39, 0.29) is 5.56 Å². The van der Waals surface area contributed by atoms with Crippen molar-refractivity contribution < 1.29 is 9.90 Å². The molecule has 1 aromatic rings. The van der Waals surface area contributed by atoms with Gasteiger partial charge in [0.1, 0.15) is 10.6 Å². The van der Waals surface area contributed by atoms with Crippen molar-refractivity contribution >= 4 is 23.5 Å². The van der Waals surface area contributed by atoms with Crippen LogP contribution in [-0.2, 0) is 0 Å². The summed E-state index contributed by atoms with van der Waals surface area (Å²) in [5, 5.41) is 20.7. The number of hydrogen-bond donors (Lipinski definition) is 2. The Hall–Kier alpha value is -1.30. The van der Waals surface area contributed by atoms with E-state index < -0.39 is 5.97 Å². The van der Waals surface area contributed by atoms with E-state index in [9.17, 15) is 4.79 Å². The van der Waals surface area contributed by atoms with E-state index in [0.717, 1.165) is 6.54 Å². The third-order valence-corrected chi connectivity index (χ3v) is 3.61. The molecule has 1 aliphatic rings. The van der Waals surface area contributed by atoms with E-state index in [2.05, 4.69) is 15.5 Å². The smallest absolute Gasteiger partial charge is 0.339 e. The minimum atomic E-state index is -0.966. The molecule has 5 nitrogen and oxygen atoms in total. The highest BCUT2D eigenvalue weighted by Crippen LogP contribution is 2.27. The van der Waals surface area contributed by atoms with Crippen LogP contribution in [0.2, 0.25) is 0 Å². The van der Waals surface area contributed by atoms with Crippen molar-refractivity contribution in [3.8, 4) is 0 Å². The molecule has 1 heterocycles. The highest BCUT2D eigenvalue weighted by Gasteiger charge is 2.19. The number of aromatic nitrogens is 2. The predicted molar refractivity (Wildman–Crippen MR) is 66.6 cm³/mol. The van der Waals surface area contributed by atoms with Crippen molar-refractivity contribution in [1.29, 1.82) is 0 Å². The zero-order valence-corrected chi connectivity index (χ0v) is 10.5. The summed E-state index contributed by atoms with van der Waals surface area (Å²) >= 11 is 1.38. The van der Waals surface area contributed by atoms with Crippen molar-refractivity contribution in [2.45, 2.75) is 24.3 Å². The summed E-state index contributed by atoms with van der Waals surface area (Å²) in [5.41, 5.74) is 0.198. The second kappa shape index (κ2) is 5.35. The molecule has 1 fully saturated rings. The molecule has 1 aliphatic carbocycles. The molecule has 1 saturated carbocycles. The minimum Gasteiger partial charge on any atom is -0.478 e. The van der Waals surface area contributed by atoms with Crippen LogP contribution in [0, 0.1) is 5.92 Å². The number of anilines is 1. The molecule has 2 rings (SSSR count). The first-order valence-electron chi connectivity index (χ1n) is 5.59. The van der Waals surface area contributed by atoms with Crippen LogP contribution >= 0.6 is 11.8 Å². The highest BCUT2D eigenvalue weighted by molar-refractivity contribution is 7.98. The molecule has 0 aliphatic heterocycles. The normalized spacial score (nSPS) is 15.4. The van der Waals surface area contributed by atoms with Gasteiger partial charge in [0, 0.05) is 6.54 Å². The maximum absolute atomic E-state index is 11.1. The molecule has 0 spiro atoms. The van der Waals surface area contributed by atoms with Gasteiger partial charge in [0.15, 0.2) is 5.82 Å². The minimum absolute atomic E-state index is 0.198. The Kier molecular flexibility index (Phi) is 3.83. The average Bonchev–Trinajstić information content (AvgIpc) is 2.27. The zero-order chi connectivity index (χ0) is 12.3. The van der Waals surface area contributed by atoms with Gasteiger partial charge in [-0.3, -0.25) is 0 Å². The molecule has 0 radical (unpaired) electrons. The summed E-state index contributed by atoms with van der Waals surface area (Å²) in [4.78, 5) is 11.1. The number of nitrogens with one attached hydrogen (secondary N) is 1. The average molecular weight is 253 g/mol. The molecule has 2 N–H and O–H groups in total. The van der Waals surface area contributed by atoms with Gasteiger partial charge < -0.3 is 10.4 Å². The number of carbonyl (C=O) groups is 1. The molecule has 0 bridgehead atoms. The Labute approximate surface area is 104 Å². The van der Waals surface area contributed by atoms with Gasteiger partial charge in [-0.15, -0.1) is 22.0 Å². The maximum atomic E-state index is 11.1. The van der Waals surface area contributed by atoms with Gasteiger partial charge in [-0.1, -0.05) is 6.42 Å². The number of rotatable bonds is 5. The third kappa shape index (κ3) is 2.88. The number of carboxylic acid groups (broad SMARTS) is 1. The lowest BCUT2D eigenvalue weighted by Gasteiger charge is -2.25. The summed E-state index contributed by atoms with van der Waals surface area (Å²) in [6.45, 7) is 0.785. The van der Waals surface area contributed by atoms with E-state index >= 15 is 0 Å². The van der Waals surface area contributed by atoms with Crippen LogP contribution in [0.1, 0.15) is 29.6 Å². The van der Waals surface area contributed by atoms with Gasteiger partial charge in [-0.25, -0.2) is 4.79 Å². The van der Waals surface area contributed by atoms with Crippen LogP contribution in [0.5, 0.6) is 0 Å². The fourth-order valence-corrected chi connectivity index (χ4v) is 2.06. The topological polar surface area (TPSA) is 75.1 Å². The standard InChI is InChI=1S/C11H15N3O2S/c1-17-9-5-8(11(15)16)10(14-13-9)12-6-7-3-2-4-7/h5,7H,2-4,6H2,1H3,(H,12,14)(H,15,16). The van der Waals surface area contributed by atoms with Crippen LogP contribution in [0.15, 0.2) is 11.1 Å². The number of aromatic carboxylic acids is 1. The monoisotopic (exact) mass is 253 g/mol. The Morgan fingerprint density at radius 2 is 2.35 bits per heavy atom. The van der Waals surface area contributed by atoms with Crippen LogP contribution in [0.3, 0.4) is 0 Å². The molecule has 17 heavy (non-hydrogen) atoms. The molecule has 0 saturated heterocycles. The number of nitrogens with zero attached hydrogens (tertiary/aromatic N) is 2. The Balaban J connectivity index is 2.10. The van der Waals surface area contributed by atoms with Crippen LogP contribution in [-0.4, -0.2) is 34.1 Å². The van der Waals surface area contributed by atoms with E-state index in [1.807, 2.05) is 6.26 Å². The quantitative estimate of drug-likeness (QED) is 0.783. The molecule has 0 amide bonds. The first-order chi connectivity index (χ1) is 8.20. The largest absolute Gasteiger partial charge is 0.478 e. The lowest BCUT2D eigenvalue weighted by molar-refractivity contribution is 0.0697. The van der Waals surface area contributed by atoms with Gasteiger partial charge in [0.05, 0.1) is 0 Å². The summed E-state index contributed by atoms with van der Waals surface area (Å²) in [6.07, 6.45) is 5.55. The number of carboxylic acids is 1. The zero-order valence-electron chi connectivity index (χ0n) is 9.64. The first-order valence-corrected chi connectivity index (χ1v) is 6.82. The molecule has 6 heteroatoms. The Morgan fingerprint density at radius 1 is 1.59 bits per heavy atom.